The largest absolute Gasteiger partial charge is 0.388 e. The van der Waals surface area contributed by atoms with Gasteiger partial charge in [-0.05, 0) is 44.4 Å². The number of aliphatic hydroxyl groups is 1. The molecule has 1 aromatic heterocycles. The monoisotopic (exact) mass is 305 g/mol. The number of carbonyl (C=O) groups excluding carboxylic acids is 1. The number of nitrogens with one attached hydrogen (secondary N) is 1. The Morgan fingerprint density at radius 1 is 1.36 bits per heavy atom. The molecule has 1 aliphatic heterocycles. The molecule has 1 saturated heterocycles. The first-order valence-electron chi connectivity index (χ1n) is 7.89. The molecule has 2 amide bonds. The zero-order chi connectivity index (χ0) is 16.4. The van der Waals surface area contributed by atoms with Gasteiger partial charge in [-0.2, -0.15) is 0 Å². The Bertz CT molecular complexity index is 508. The fourth-order valence-electron chi connectivity index (χ4n) is 3.05. The molecule has 0 aromatic carbocycles. The Kier molecular flexibility index (Phi) is 4.75. The summed E-state index contributed by atoms with van der Waals surface area (Å²) >= 11 is 0. The minimum Gasteiger partial charge on any atom is -0.388 e. The topological polar surface area (TPSA) is 65.5 Å². The third-order valence-corrected chi connectivity index (χ3v) is 4.47. The van der Waals surface area contributed by atoms with Crippen molar-refractivity contribution in [2.75, 3.05) is 13.1 Å². The van der Waals surface area contributed by atoms with Gasteiger partial charge in [0.15, 0.2) is 0 Å². The van der Waals surface area contributed by atoms with Crippen molar-refractivity contribution in [3.05, 3.63) is 30.1 Å². The van der Waals surface area contributed by atoms with Crippen LogP contribution in [0.2, 0.25) is 0 Å². The summed E-state index contributed by atoms with van der Waals surface area (Å²) in [6, 6.07) is 3.74. The number of nitrogens with zero attached hydrogens (tertiary/aromatic N) is 2. The van der Waals surface area contributed by atoms with E-state index in [1.807, 2.05) is 12.1 Å². The van der Waals surface area contributed by atoms with E-state index in [9.17, 15) is 9.90 Å². The summed E-state index contributed by atoms with van der Waals surface area (Å²) in [5.41, 5.74) is 0.111. The predicted octanol–water partition coefficient (Wildman–Crippen LogP) is 2.30. The zero-order valence-corrected chi connectivity index (χ0v) is 14.0. The van der Waals surface area contributed by atoms with E-state index in [1.165, 1.54) is 0 Å². The van der Waals surface area contributed by atoms with E-state index in [2.05, 4.69) is 24.1 Å². The molecule has 0 radical (unpaired) electrons. The summed E-state index contributed by atoms with van der Waals surface area (Å²) in [5, 5.41) is 13.2. The van der Waals surface area contributed by atoms with Crippen LogP contribution in [-0.4, -0.2) is 45.8 Å². The van der Waals surface area contributed by atoms with Gasteiger partial charge in [-0.1, -0.05) is 13.8 Å². The number of hydrogen-bond acceptors (Lipinski definition) is 3. The van der Waals surface area contributed by atoms with Crippen LogP contribution in [0.25, 0.3) is 0 Å². The molecular weight excluding hydrogens is 278 g/mol. The first-order valence-corrected chi connectivity index (χ1v) is 7.89. The molecule has 5 nitrogen and oxygen atoms in total. The standard InChI is InChI=1S/C17H27N3O2/c1-16(2,13-7-9-18-10-8-13)12-19-15(21)20-11-5-6-14(20)17(3,4)22/h7-10,14,22H,5-6,11-12H2,1-4H3,(H,19,21)/t14-/m0/s1. The van der Waals surface area contributed by atoms with Crippen LogP contribution in [0.1, 0.15) is 46.1 Å². The summed E-state index contributed by atoms with van der Waals surface area (Å²) in [6.45, 7) is 8.98. The highest BCUT2D eigenvalue weighted by atomic mass is 16.3. The molecule has 0 spiro atoms. The van der Waals surface area contributed by atoms with E-state index in [1.54, 1.807) is 31.1 Å². The van der Waals surface area contributed by atoms with Gasteiger partial charge in [-0.3, -0.25) is 4.98 Å². The Hall–Kier alpha value is -1.62. The molecule has 2 N–H and O–H groups in total. The molecular formula is C17H27N3O2. The molecule has 1 aliphatic rings. The van der Waals surface area contributed by atoms with Gasteiger partial charge in [0, 0.05) is 30.9 Å². The number of urea groups is 1. The number of amides is 2. The Morgan fingerprint density at radius 2 is 2.00 bits per heavy atom. The van der Waals surface area contributed by atoms with Gasteiger partial charge in [0.1, 0.15) is 0 Å². The van der Waals surface area contributed by atoms with E-state index in [0.717, 1.165) is 18.4 Å². The maximum Gasteiger partial charge on any atom is 0.317 e. The number of rotatable bonds is 4. The summed E-state index contributed by atoms with van der Waals surface area (Å²) in [5.74, 6) is 0. The Labute approximate surface area is 132 Å². The number of likely N-dealkylation sites (tertiary alicyclic amines) is 1. The first kappa shape index (κ1) is 16.7. The van der Waals surface area contributed by atoms with Crippen molar-refractivity contribution in [2.45, 2.75) is 57.6 Å². The quantitative estimate of drug-likeness (QED) is 0.897. The lowest BCUT2D eigenvalue weighted by molar-refractivity contribution is 0.00971. The molecule has 0 unspecified atom stereocenters. The molecule has 22 heavy (non-hydrogen) atoms. The normalized spacial score (nSPS) is 19.3. The highest BCUT2D eigenvalue weighted by Gasteiger charge is 2.38. The summed E-state index contributed by atoms with van der Waals surface area (Å²) in [4.78, 5) is 18.3. The van der Waals surface area contributed by atoms with Crippen LogP contribution in [0.15, 0.2) is 24.5 Å². The maximum atomic E-state index is 12.5. The van der Waals surface area contributed by atoms with Crippen LogP contribution in [-0.2, 0) is 5.41 Å². The summed E-state index contributed by atoms with van der Waals surface area (Å²) in [7, 11) is 0. The van der Waals surface area contributed by atoms with Crippen LogP contribution in [0.4, 0.5) is 4.79 Å². The lowest BCUT2D eigenvalue weighted by Gasteiger charge is -2.35. The van der Waals surface area contributed by atoms with Crippen molar-refractivity contribution >= 4 is 6.03 Å². The molecule has 1 atom stereocenters. The van der Waals surface area contributed by atoms with Crippen molar-refractivity contribution < 1.29 is 9.90 Å². The van der Waals surface area contributed by atoms with Gasteiger partial charge in [0.2, 0.25) is 0 Å². The van der Waals surface area contributed by atoms with E-state index in [0.29, 0.717) is 13.1 Å². The second-order valence-electron chi connectivity index (χ2n) is 7.28. The second kappa shape index (κ2) is 6.24. The lowest BCUT2D eigenvalue weighted by atomic mass is 9.85. The lowest BCUT2D eigenvalue weighted by Crippen LogP contribution is -2.52. The molecule has 2 rings (SSSR count). The highest BCUT2D eigenvalue weighted by Crippen LogP contribution is 2.27. The second-order valence-corrected chi connectivity index (χ2v) is 7.28. The molecule has 122 valence electrons. The van der Waals surface area contributed by atoms with Gasteiger partial charge in [0.25, 0.3) is 0 Å². The van der Waals surface area contributed by atoms with Gasteiger partial charge in [-0.15, -0.1) is 0 Å². The number of pyridine rings is 1. The van der Waals surface area contributed by atoms with Gasteiger partial charge in [0.05, 0.1) is 11.6 Å². The Balaban J connectivity index is 1.98. The molecule has 2 heterocycles. The number of aromatic nitrogens is 1. The van der Waals surface area contributed by atoms with Crippen molar-refractivity contribution in [2.24, 2.45) is 0 Å². The van der Waals surface area contributed by atoms with Crippen LogP contribution >= 0.6 is 0 Å². The minimum atomic E-state index is -0.867. The van der Waals surface area contributed by atoms with Crippen molar-refractivity contribution in [3.63, 3.8) is 0 Å². The van der Waals surface area contributed by atoms with E-state index < -0.39 is 5.60 Å². The fraction of sp³-hybridized carbons (Fsp3) is 0.647. The third kappa shape index (κ3) is 3.77. The van der Waals surface area contributed by atoms with Crippen LogP contribution in [0, 0.1) is 0 Å². The van der Waals surface area contributed by atoms with Gasteiger partial charge >= 0.3 is 6.03 Å². The average molecular weight is 305 g/mol. The zero-order valence-electron chi connectivity index (χ0n) is 14.0. The molecule has 5 heteroatoms. The van der Waals surface area contributed by atoms with Crippen molar-refractivity contribution in [1.82, 2.24) is 15.2 Å². The first-order chi connectivity index (χ1) is 10.2. The van der Waals surface area contributed by atoms with Gasteiger partial charge < -0.3 is 15.3 Å². The summed E-state index contributed by atoms with van der Waals surface area (Å²) < 4.78 is 0. The fourth-order valence-corrected chi connectivity index (χ4v) is 3.05. The molecule has 1 aromatic rings. The SMILES string of the molecule is CC(C)(CNC(=O)N1CCC[C@H]1C(C)(C)O)c1ccncc1. The van der Waals surface area contributed by atoms with Gasteiger partial charge in [-0.25, -0.2) is 4.79 Å². The molecule has 0 aliphatic carbocycles. The van der Waals surface area contributed by atoms with Crippen molar-refractivity contribution in [3.8, 4) is 0 Å². The van der Waals surface area contributed by atoms with E-state index in [4.69, 9.17) is 0 Å². The smallest absolute Gasteiger partial charge is 0.317 e. The van der Waals surface area contributed by atoms with Crippen LogP contribution in [0.3, 0.4) is 0 Å². The minimum absolute atomic E-state index is 0.0910. The summed E-state index contributed by atoms with van der Waals surface area (Å²) in [6.07, 6.45) is 5.33. The maximum absolute atomic E-state index is 12.5. The average Bonchev–Trinajstić information content (AvgIpc) is 2.95. The third-order valence-electron chi connectivity index (χ3n) is 4.47. The number of carbonyl (C=O) groups is 1. The highest BCUT2D eigenvalue weighted by molar-refractivity contribution is 5.75. The van der Waals surface area contributed by atoms with Crippen LogP contribution in [0.5, 0.6) is 0 Å². The van der Waals surface area contributed by atoms with Crippen LogP contribution < -0.4 is 5.32 Å². The van der Waals surface area contributed by atoms with Crippen molar-refractivity contribution in [1.29, 1.82) is 0 Å². The molecule has 1 fully saturated rings. The van der Waals surface area contributed by atoms with E-state index >= 15 is 0 Å². The molecule has 0 bridgehead atoms. The number of hydrogen-bond donors (Lipinski definition) is 2. The predicted molar refractivity (Wildman–Crippen MR) is 86.7 cm³/mol. The van der Waals surface area contributed by atoms with E-state index in [-0.39, 0.29) is 17.5 Å². The molecule has 0 saturated carbocycles. The Morgan fingerprint density at radius 3 is 2.59 bits per heavy atom.